The van der Waals surface area contributed by atoms with Crippen molar-refractivity contribution >= 4 is 16.7 Å². The van der Waals surface area contributed by atoms with Crippen LogP contribution in [0.3, 0.4) is 0 Å². The molecule has 3 heteroatoms. The van der Waals surface area contributed by atoms with Crippen LogP contribution in [-0.4, -0.2) is 9.97 Å². The number of hydrogen-bond acceptors (Lipinski definition) is 2. The molecule has 0 fully saturated rings. The molecule has 96 valence electrons. The zero-order chi connectivity index (χ0) is 13.1. The molecular weight excluding hydrogens is 234 g/mol. The van der Waals surface area contributed by atoms with E-state index in [1.165, 1.54) is 5.56 Å². The molecule has 3 nitrogen and oxygen atoms in total. The minimum Gasteiger partial charge on any atom is -0.378 e. The monoisotopic (exact) mass is 251 g/mol. The number of aryl methyl sites for hydroxylation is 1. The summed E-state index contributed by atoms with van der Waals surface area (Å²) in [6.45, 7) is 2.87. The van der Waals surface area contributed by atoms with Gasteiger partial charge in [0.2, 0.25) is 0 Å². The van der Waals surface area contributed by atoms with Crippen molar-refractivity contribution in [1.82, 2.24) is 9.97 Å². The predicted octanol–water partition coefficient (Wildman–Crippen LogP) is 3.74. The number of aromatic amines is 1. The van der Waals surface area contributed by atoms with Gasteiger partial charge in [-0.15, -0.1) is 0 Å². The largest absolute Gasteiger partial charge is 0.378 e. The van der Waals surface area contributed by atoms with Gasteiger partial charge in [-0.05, 0) is 36.2 Å². The van der Waals surface area contributed by atoms with Crippen LogP contribution in [-0.2, 0) is 13.0 Å². The molecule has 0 bridgehead atoms. The summed E-state index contributed by atoms with van der Waals surface area (Å²) in [5.41, 5.74) is 4.58. The molecule has 2 N–H and O–H groups in total. The molecule has 0 atom stereocenters. The molecule has 0 amide bonds. The molecule has 0 aliphatic rings. The van der Waals surface area contributed by atoms with Crippen LogP contribution in [0.1, 0.15) is 18.3 Å². The van der Waals surface area contributed by atoms with E-state index in [9.17, 15) is 0 Å². The number of benzene rings is 2. The van der Waals surface area contributed by atoms with Crippen LogP contribution < -0.4 is 5.32 Å². The van der Waals surface area contributed by atoms with Gasteiger partial charge in [0.1, 0.15) is 5.82 Å². The lowest BCUT2D eigenvalue weighted by atomic mass is 10.1. The molecule has 0 spiro atoms. The maximum atomic E-state index is 4.54. The first-order valence-corrected chi connectivity index (χ1v) is 6.61. The van der Waals surface area contributed by atoms with Crippen LogP contribution in [0.2, 0.25) is 0 Å². The highest BCUT2D eigenvalue weighted by Gasteiger charge is 2.01. The third kappa shape index (κ3) is 2.60. The van der Waals surface area contributed by atoms with E-state index in [0.29, 0.717) is 6.54 Å². The second kappa shape index (κ2) is 5.14. The Labute approximate surface area is 112 Å². The second-order valence-corrected chi connectivity index (χ2v) is 4.60. The van der Waals surface area contributed by atoms with E-state index >= 15 is 0 Å². The number of H-pyrrole nitrogens is 1. The third-order valence-corrected chi connectivity index (χ3v) is 3.26. The van der Waals surface area contributed by atoms with Crippen molar-refractivity contribution in [2.45, 2.75) is 19.9 Å². The number of aromatic nitrogens is 2. The van der Waals surface area contributed by atoms with Crippen molar-refractivity contribution in [2.75, 3.05) is 5.32 Å². The van der Waals surface area contributed by atoms with Crippen molar-refractivity contribution in [1.29, 1.82) is 0 Å². The van der Waals surface area contributed by atoms with Gasteiger partial charge in [0.15, 0.2) is 0 Å². The van der Waals surface area contributed by atoms with Gasteiger partial charge >= 0.3 is 0 Å². The van der Waals surface area contributed by atoms with E-state index in [-0.39, 0.29) is 0 Å². The Morgan fingerprint density at radius 1 is 1.05 bits per heavy atom. The van der Waals surface area contributed by atoms with Gasteiger partial charge < -0.3 is 10.3 Å². The average molecular weight is 251 g/mol. The molecule has 0 unspecified atom stereocenters. The zero-order valence-electron chi connectivity index (χ0n) is 11.0. The summed E-state index contributed by atoms with van der Waals surface area (Å²) in [5.74, 6) is 0.959. The average Bonchev–Trinajstić information content (AvgIpc) is 2.88. The van der Waals surface area contributed by atoms with Crippen molar-refractivity contribution < 1.29 is 0 Å². The van der Waals surface area contributed by atoms with Crippen LogP contribution in [0.4, 0.5) is 5.69 Å². The van der Waals surface area contributed by atoms with E-state index in [2.05, 4.69) is 46.5 Å². The maximum absolute atomic E-state index is 4.54. The van der Waals surface area contributed by atoms with Gasteiger partial charge in [-0.25, -0.2) is 4.98 Å². The standard InChI is InChI=1S/C16H17N3/c1-2-12-7-9-13(10-8-12)17-11-16-18-14-5-3-4-6-15(14)19-16/h3-10,17H,2,11H2,1H3,(H,18,19). The molecule has 0 radical (unpaired) electrons. The minimum absolute atomic E-state index is 0.708. The molecule has 1 aromatic heterocycles. The first kappa shape index (κ1) is 11.8. The smallest absolute Gasteiger partial charge is 0.126 e. The Balaban J connectivity index is 1.70. The first-order chi connectivity index (χ1) is 9.35. The van der Waals surface area contributed by atoms with Gasteiger partial charge in [0, 0.05) is 5.69 Å². The summed E-state index contributed by atoms with van der Waals surface area (Å²) in [7, 11) is 0. The van der Waals surface area contributed by atoms with Gasteiger partial charge in [-0.2, -0.15) is 0 Å². The van der Waals surface area contributed by atoms with Crippen molar-refractivity contribution in [2.24, 2.45) is 0 Å². The normalized spacial score (nSPS) is 10.8. The second-order valence-electron chi connectivity index (χ2n) is 4.60. The highest BCUT2D eigenvalue weighted by Crippen LogP contribution is 2.13. The quantitative estimate of drug-likeness (QED) is 0.741. The number of fused-ring (bicyclic) bond motifs is 1. The van der Waals surface area contributed by atoms with Crippen molar-refractivity contribution in [3.8, 4) is 0 Å². The lowest BCUT2D eigenvalue weighted by Gasteiger charge is -2.05. The fourth-order valence-electron chi connectivity index (χ4n) is 2.13. The summed E-state index contributed by atoms with van der Waals surface area (Å²) in [5, 5.41) is 3.38. The molecule has 0 saturated carbocycles. The molecule has 1 heterocycles. The van der Waals surface area contributed by atoms with Gasteiger partial charge in [-0.3, -0.25) is 0 Å². The fourth-order valence-corrected chi connectivity index (χ4v) is 2.13. The molecular formula is C16H17N3. The van der Waals surface area contributed by atoms with Crippen LogP contribution in [0, 0.1) is 0 Å². The number of rotatable bonds is 4. The molecule has 0 saturated heterocycles. The summed E-state index contributed by atoms with van der Waals surface area (Å²) >= 11 is 0. The number of para-hydroxylation sites is 2. The Hall–Kier alpha value is -2.29. The van der Waals surface area contributed by atoms with Crippen LogP contribution in [0.5, 0.6) is 0 Å². The fraction of sp³-hybridized carbons (Fsp3) is 0.188. The summed E-state index contributed by atoms with van der Waals surface area (Å²) in [6.07, 6.45) is 1.07. The Morgan fingerprint density at radius 3 is 2.58 bits per heavy atom. The van der Waals surface area contributed by atoms with Crippen LogP contribution >= 0.6 is 0 Å². The lowest BCUT2D eigenvalue weighted by Crippen LogP contribution is -2.01. The van der Waals surface area contributed by atoms with Gasteiger partial charge in [0.25, 0.3) is 0 Å². The van der Waals surface area contributed by atoms with Crippen molar-refractivity contribution in [3.63, 3.8) is 0 Å². The van der Waals surface area contributed by atoms with E-state index in [1.54, 1.807) is 0 Å². The highest BCUT2D eigenvalue weighted by atomic mass is 15.0. The van der Waals surface area contributed by atoms with Crippen LogP contribution in [0.15, 0.2) is 48.5 Å². The SMILES string of the molecule is CCc1ccc(NCc2nc3ccccc3[nH]2)cc1. The summed E-state index contributed by atoms with van der Waals surface area (Å²) < 4.78 is 0. The Morgan fingerprint density at radius 2 is 1.84 bits per heavy atom. The van der Waals surface area contributed by atoms with E-state index in [1.807, 2.05) is 24.3 Å². The molecule has 0 aliphatic heterocycles. The van der Waals surface area contributed by atoms with E-state index < -0.39 is 0 Å². The highest BCUT2D eigenvalue weighted by molar-refractivity contribution is 5.74. The molecule has 3 rings (SSSR count). The zero-order valence-corrected chi connectivity index (χ0v) is 11.0. The molecule has 3 aromatic rings. The topological polar surface area (TPSA) is 40.7 Å². The van der Waals surface area contributed by atoms with E-state index in [4.69, 9.17) is 0 Å². The number of nitrogens with zero attached hydrogens (tertiary/aromatic N) is 1. The molecule has 0 aliphatic carbocycles. The Bertz CT molecular complexity index is 635. The summed E-state index contributed by atoms with van der Waals surface area (Å²) in [6, 6.07) is 16.6. The summed E-state index contributed by atoms with van der Waals surface area (Å²) in [4.78, 5) is 7.86. The maximum Gasteiger partial charge on any atom is 0.126 e. The molecule has 19 heavy (non-hydrogen) atoms. The predicted molar refractivity (Wildman–Crippen MR) is 79.2 cm³/mol. The van der Waals surface area contributed by atoms with Crippen LogP contribution in [0.25, 0.3) is 11.0 Å². The number of anilines is 1. The lowest BCUT2D eigenvalue weighted by molar-refractivity contribution is 1.01. The number of hydrogen-bond donors (Lipinski definition) is 2. The Kier molecular flexibility index (Phi) is 3.19. The minimum atomic E-state index is 0.708. The number of imidazole rings is 1. The third-order valence-electron chi connectivity index (χ3n) is 3.26. The number of nitrogens with one attached hydrogen (secondary N) is 2. The van der Waals surface area contributed by atoms with Gasteiger partial charge in [0.05, 0.1) is 17.6 Å². The van der Waals surface area contributed by atoms with Crippen molar-refractivity contribution in [3.05, 3.63) is 59.9 Å². The van der Waals surface area contributed by atoms with E-state index in [0.717, 1.165) is 29.0 Å². The molecule has 2 aromatic carbocycles. The first-order valence-electron chi connectivity index (χ1n) is 6.61. The van der Waals surface area contributed by atoms with Gasteiger partial charge in [-0.1, -0.05) is 31.2 Å².